The second-order valence-corrected chi connectivity index (χ2v) is 5.54. The van der Waals surface area contributed by atoms with Gasteiger partial charge in [-0.2, -0.15) is 0 Å². The molecule has 0 aliphatic heterocycles. The van der Waals surface area contributed by atoms with Gasteiger partial charge < -0.3 is 10.6 Å². The zero-order chi connectivity index (χ0) is 13.9. The number of hydrogen-bond donors (Lipinski definition) is 1. The molecule has 0 aromatic heterocycles. The Hall–Kier alpha value is -0.770. The standard InChI is InChI=1S/C13H18Cl2N2O/c1-8(2)12(16)13(18)17(3)7-9-4-5-10(14)6-11(9)15/h4-6,8,12H,7,16H2,1-3H3/t12-/m1/s1. The molecule has 18 heavy (non-hydrogen) atoms. The molecule has 1 aromatic rings. The minimum Gasteiger partial charge on any atom is -0.340 e. The van der Waals surface area contributed by atoms with Crippen molar-refractivity contribution in [2.75, 3.05) is 7.05 Å². The quantitative estimate of drug-likeness (QED) is 0.926. The molecule has 0 heterocycles. The second kappa shape index (κ2) is 6.41. The van der Waals surface area contributed by atoms with E-state index in [9.17, 15) is 4.79 Å². The molecular weight excluding hydrogens is 271 g/mol. The summed E-state index contributed by atoms with van der Waals surface area (Å²) in [6.07, 6.45) is 0. The summed E-state index contributed by atoms with van der Waals surface area (Å²) in [5, 5.41) is 1.14. The van der Waals surface area contributed by atoms with E-state index in [1.54, 1.807) is 24.1 Å². The number of likely N-dealkylation sites (N-methyl/N-ethyl adjacent to an activating group) is 1. The van der Waals surface area contributed by atoms with Gasteiger partial charge in [-0.15, -0.1) is 0 Å². The predicted octanol–water partition coefficient (Wildman–Crippen LogP) is 2.94. The van der Waals surface area contributed by atoms with Crippen molar-refractivity contribution in [3.8, 4) is 0 Å². The number of carbonyl (C=O) groups is 1. The van der Waals surface area contributed by atoms with Gasteiger partial charge in [-0.25, -0.2) is 0 Å². The van der Waals surface area contributed by atoms with Crippen LogP contribution >= 0.6 is 23.2 Å². The molecule has 1 amide bonds. The highest BCUT2D eigenvalue weighted by Crippen LogP contribution is 2.22. The highest BCUT2D eigenvalue weighted by Gasteiger charge is 2.21. The Morgan fingerprint density at radius 2 is 2.00 bits per heavy atom. The summed E-state index contributed by atoms with van der Waals surface area (Å²) in [7, 11) is 1.72. The number of carbonyl (C=O) groups excluding carboxylic acids is 1. The van der Waals surface area contributed by atoms with Gasteiger partial charge in [0, 0.05) is 23.6 Å². The summed E-state index contributed by atoms with van der Waals surface area (Å²) in [6, 6.07) is 4.75. The number of amides is 1. The summed E-state index contributed by atoms with van der Waals surface area (Å²) in [6.45, 7) is 4.27. The summed E-state index contributed by atoms with van der Waals surface area (Å²) in [5.74, 6) is 0.0247. The van der Waals surface area contributed by atoms with E-state index in [1.165, 1.54) is 0 Å². The molecule has 0 unspecified atom stereocenters. The maximum Gasteiger partial charge on any atom is 0.239 e. The van der Waals surface area contributed by atoms with Gasteiger partial charge in [0.15, 0.2) is 0 Å². The van der Waals surface area contributed by atoms with E-state index in [4.69, 9.17) is 28.9 Å². The van der Waals surface area contributed by atoms with E-state index in [0.29, 0.717) is 16.6 Å². The molecule has 2 N–H and O–H groups in total. The Labute approximate surface area is 118 Å². The van der Waals surface area contributed by atoms with E-state index in [1.807, 2.05) is 19.9 Å². The number of nitrogens with zero attached hydrogens (tertiary/aromatic N) is 1. The average molecular weight is 289 g/mol. The van der Waals surface area contributed by atoms with E-state index < -0.39 is 6.04 Å². The van der Waals surface area contributed by atoms with E-state index in [-0.39, 0.29) is 11.8 Å². The Kier molecular flexibility index (Phi) is 5.45. The molecule has 1 aromatic carbocycles. The third kappa shape index (κ3) is 3.87. The van der Waals surface area contributed by atoms with Crippen LogP contribution in [0.25, 0.3) is 0 Å². The molecule has 0 saturated heterocycles. The lowest BCUT2D eigenvalue weighted by Gasteiger charge is -2.23. The molecule has 0 fully saturated rings. The summed E-state index contributed by atoms with van der Waals surface area (Å²) >= 11 is 11.9. The van der Waals surface area contributed by atoms with Crippen molar-refractivity contribution < 1.29 is 4.79 Å². The maximum absolute atomic E-state index is 12.0. The number of benzene rings is 1. The lowest BCUT2D eigenvalue weighted by atomic mass is 10.0. The van der Waals surface area contributed by atoms with Gasteiger partial charge in [-0.1, -0.05) is 43.1 Å². The zero-order valence-corrected chi connectivity index (χ0v) is 12.3. The van der Waals surface area contributed by atoms with Gasteiger partial charge in [0.2, 0.25) is 5.91 Å². The molecular formula is C13H18Cl2N2O. The molecule has 0 bridgehead atoms. The van der Waals surface area contributed by atoms with Crippen LogP contribution in [0.1, 0.15) is 19.4 Å². The van der Waals surface area contributed by atoms with Crippen LogP contribution in [0.2, 0.25) is 10.0 Å². The van der Waals surface area contributed by atoms with Gasteiger partial charge in [0.25, 0.3) is 0 Å². The van der Waals surface area contributed by atoms with Crippen molar-refractivity contribution in [3.05, 3.63) is 33.8 Å². The van der Waals surface area contributed by atoms with Gasteiger partial charge >= 0.3 is 0 Å². The van der Waals surface area contributed by atoms with Crippen LogP contribution in [0, 0.1) is 5.92 Å². The van der Waals surface area contributed by atoms with Gasteiger partial charge in [-0.05, 0) is 23.6 Å². The molecule has 5 heteroatoms. The van der Waals surface area contributed by atoms with Gasteiger partial charge in [-0.3, -0.25) is 4.79 Å². The molecule has 0 aliphatic carbocycles. The third-order valence-corrected chi connectivity index (χ3v) is 3.39. The minimum absolute atomic E-state index is 0.0870. The van der Waals surface area contributed by atoms with Crippen LogP contribution in [-0.4, -0.2) is 23.9 Å². The van der Waals surface area contributed by atoms with Crippen LogP contribution < -0.4 is 5.73 Å². The molecule has 0 saturated carbocycles. The zero-order valence-electron chi connectivity index (χ0n) is 10.8. The predicted molar refractivity (Wildman–Crippen MR) is 75.7 cm³/mol. The van der Waals surface area contributed by atoms with E-state index in [2.05, 4.69) is 0 Å². The largest absolute Gasteiger partial charge is 0.340 e. The van der Waals surface area contributed by atoms with Crippen molar-refractivity contribution in [2.24, 2.45) is 11.7 Å². The Bertz CT molecular complexity index is 435. The highest BCUT2D eigenvalue weighted by molar-refractivity contribution is 6.35. The van der Waals surface area contributed by atoms with Crippen LogP contribution in [0.5, 0.6) is 0 Å². The fraction of sp³-hybridized carbons (Fsp3) is 0.462. The second-order valence-electron chi connectivity index (χ2n) is 4.70. The molecule has 3 nitrogen and oxygen atoms in total. The minimum atomic E-state index is -0.485. The van der Waals surface area contributed by atoms with Gasteiger partial charge in [0.1, 0.15) is 0 Å². The number of hydrogen-bond acceptors (Lipinski definition) is 2. The lowest BCUT2D eigenvalue weighted by molar-refractivity contribution is -0.132. The van der Waals surface area contributed by atoms with Crippen molar-refractivity contribution in [1.29, 1.82) is 0 Å². The van der Waals surface area contributed by atoms with Crippen molar-refractivity contribution in [1.82, 2.24) is 4.90 Å². The fourth-order valence-corrected chi connectivity index (χ4v) is 1.99. The summed E-state index contributed by atoms with van der Waals surface area (Å²) in [5.41, 5.74) is 6.69. The smallest absolute Gasteiger partial charge is 0.239 e. The molecule has 0 spiro atoms. The maximum atomic E-state index is 12.0. The summed E-state index contributed by atoms with van der Waals surface area (Å²) < 4.78 is 0. The van der Waals surface area contributed by atoms with E-state index in [0.717, 1.165) is 5.56 Å². The van der Waals surface area contributed by atoms with Crippen molar-refractivity contribution >= 4 is 29.1 Å². The average Bonchev–Trinajstić information content (AvgIpc) is 2.30. The van der Waals surface area contributed by atoms with Crippen molar-refractivity contribution in [2.45, 2.75) is 26.4 Å². The molecule has 100 valence electrons. The number of rotatable bonds is 4. The van der Waals surface area contributed by atoms with Crippen LogP contribution in [0.4, 0.5) is 0 Å². The van der Waals surface area contributed by atoms with Crippen LogP contribution in [0.3, 0.4) is 0 Å². The Morgan fingerprint density at radius 1 is 1.39 bits per heavy atom. The fourth-order valence-electron chi connectivity index (χ4n) is 1.52. The number of halogens is 2. The van der Waals surface area contributed by atoms with E-state index >= 15 is 0 Å². The van der Waals surface area contributed by atoms with Crippen LogP contribution in [-0.2, 0) is 11.3 Å². The lowest BCUT2D eigenvalue weighted by Crippen LogP contribution is -2.44. The third-order valence-electron chi connectivity index (χ3n) is 2.80. The SMILES string of the molecule is CC(C)[C@@H](N)C(=O)N(C)Cc1ccc(Cl)cc1Cl. The first kappa shape index (κ1) is 15.3. The highest BCUT2D eigenvalue weighted by atomic mass is 35.5. The topological polar surface area (TPSA) is 46.3 Å². The molecule has 0 aliphatic rings. The normalized spacial score (nSPS) is 12.6. The Balaban J connectivity index is 2.75. The van der Waals surface area contributed by atoms with Gasteiger partial charge in [0.05, 0.1) is 6.04 Å². The van der Waals surface area contributed by atoms with Crippen LogP contribution in [0.15, 0.2) is 18.2 Å². The molecule has 1 atom stereocenters. The van der Waals surface area contributed by atoms with Crippen molar-refractivity contribution in [3.63, 3.8) is 0 Å². The molecule has 0 radical (unpaired) electrons. The first-order valence-corrected chi connectivity index (χ1v) is 6.53. The number of nitrogens with two attached hydrogens (primary N) is 1. The first-order valence-electron chi connectivity index (χ1n) is 5.77. The monoisotopic (exact) mass is 288 g/mol. The molecule has 1 rings (SSSR count). The summed E-state index contributed by atoms with van der Waals surface area (Å²) in [4.78, 5) is 13.6. The Morgan fingerprint density at radius 3 is 2.50 bits per heavy atom. The first-order chi connectivity index (χ1) is 8.32.